The summed E-state index contributed by atoms with van der Waals surface area (Å²) in [6.07, 6.45) is 2.95. The summed E-state index contributed by atoms with van der Waals surface area (Å²) in [6.45, 7) is 0. The zero-order valence-corrected chi connectivity index (χ0v) is 10.9. The Hall–Kier alpha value is -1.78. The Kier molecular flexibility index (Phi) is 4.24. The second-order valence-corrected chi connectivity index (χ2v) is 4.89. The van der Waals surface area contributed by atoms with E-state index >= 15 is 0 Å². The van der Waals surface area contributed by atoms with Gasteiger partial charge in [-0.3, -0.25) is 4.79 Å². The molecule has 0 heterocycles. The number of methoxy groups -OCH3 is 1. The maximum Gasteiger partial charge on any atom is 0.306 e. The molecule has 1 aromatic rings. The number of aliphatic carboxylic acids is 1. The van der Waals surface area contributed by atoms with E-state index in [0.717, 1.165) is 12.8 Å². The summed E-state index contributed by atoms with van der Waals surface area (Å²) in [5.74, 6) is -0.870. The third-order valence-electron chi connectivity index (χ3n) is 3.56. The third-order valence-corrected chi connectivity index (χ3v) is 3.56. The van der Waals surface area contributed by atoms with Gasteiger partial charge in [-0.2, -0.15) is 0 Å². The Balaban J connectivity index is 2.06. The van der Waals surface area contributed by atoms with E-state index in [1.807, 2.05) is 0 Å². The fraction of sp³-hybridized carbons (Fsp3) is 0.500. The van der Waals surface area contributed by atoms with Crippen LogP contribution in [0, 0.1) is 11.7 Å². The molecule has 1 saturated carbocycles. The predicted molar refractivity (Wildman–Crippen MR) is 70.0 cm³/mol. The number of carboxylic acid groups (broad SMARTS) is 1. The van der Waals surface area contributed by atoms with Crippen LogP contribution in [0.25, 0.3) is 0 Å². The minimum absolute atomic E-state index is 0.00328. The molecule has 1 fully saturated rings. The van der Waals surface area contributed by atoms with Crippen LogP contribution in [0.5, 0.6) is 5.75 Å². The van der Waals surface area contributed by atoms with Crippen LogP contribution in [0.2, 0.25) is 0 Å². The molecule has 0 aromatic heterocycles. The molecule has 0 spiro atoms. The SMILES string of the molecule is COc1ccc(F)c(NC2CCCC(C(=O)O)C2)c1. The van der Waals surface area contributed by atoms with E-state index in [9.17, 15) is 9.18 Å². The number of nitrogens with one attached hydrogen (secondary N) is 1. The highest BCUT2D eigenvalue weighted by Crippen LogP contribution is 2.29. The average molecular weight is 267 g/mol. The number of benzene rings is 1. The zero-order valence-electron chi connectivity index (χ0n) is 10.9. The average Bonchev–Trinajstić information content (AvgIpc) is 2.41. The van der Waals surface area contributed by atoms with Gasteiger partial charge >= 0.3 is 5.97 Å². The van der Waals surface area contributed by atoms with Crippen molar-refractivity contribution in [2.75, 3.05) is 12.4 Å². The second-order valence-electron chi connectivity index (χ2n) is 4.89. The van der Waals surface area contributed by atoms with Crippen molar-refractivity contribution in [3.05, 3.63) is 24.0 Å². The van der Waals surface area contributed by atoms with Crippen molar-refractivity contribution in [2.24, 2.45) is 5.92 Å². The van der Waals surface area contributed by atoms with Crippen molar-refractivity contribution in [2.45, 2.75) is 31.7 Å². The monoisotopic (exact) mass is 267 g/mol. The molecular formula is C14H18FNO3. The van der Waals surface area contributed by atoms with Gasteiger partial charge in [0.2, 0.25) is 0 Å². The van der Waals surface area contributed by atoms with Crippen molar-refractivity contribution >= 4 is 11.7 Å². The van der Waals surface area contributed by atoms with E-state index in [2.05, 4.69) is 5.32 Å². The molecule has 0 saturated heterocycles. The molecule has 5 heteroatoms. The quantitative estimate of drug-likeness (QED) is 0.880. The van der Waals surface area contributed by atoms with E-state index in [0.29, 0.717) is 24.3 Å². The third kappa shape index (κ3) is 3.36. The van der Waals surface area contributed by atoms with Crippen molar-refractivity contribution in [3.8, 4) is 5.75 Å². The summed E-state index contributed by atoms with van der Waals surface area (Å²) >= 11 is 0. The minimum Gasteiger partial charge on any atom is -0.497 e. The fourth-order valence-corrected chi connectivity index (χ4v) is 2.51. The first-order chi connectivity index (χ1) is 9.10. The molecule has 0 radical (unpaired) electrons. The Bertz CT molecular complexity index is 464. The molecule has 0 bridgehead atoms. The molecule has 1 aromatic carbocycles. The summed E-state index contributed by atoms with van der Waals surface area (Å²) in [5, 5.41) is 12.1. The number of hydrogen-bond acceptors (Lipinski definition) is 3. The van der Waals surface area contributed by atoms with Gasteiger partial charge < -0.3 is 15.2 Å². The van der Waals surface area contributed by atoms with Crippen LogP contribution in [0.15, 0.2) is 18.2 Å². The Morgan fingerprint density at radius 2 is 2.26 bits per heavy atom. The second kappa shape index (κ2) is 5.91. The van der Waals surface area contributed by atoms with Gasteiger partial charge in [0.1, 0.15) is 11.6 Å². The van der Waals surface area contributed by atoms with Gasteiger partial charge in [-0.25, -0.2) is 4.39 Å². The van der Waals surface area contributed by atoms with Gasteiger partial charge in [0.15, 0.2) is 0 Å². The summed E-state index contributed by atoms with van der Waals surface area (Å²) < 4.78 is 18.7. The molecule has 0 aliphatic heterocycles. The predicted octanol–water partition coefficient (Wildman–Crippen LogP) is 2.89. The van der Waals surface area contributed by atoms with Gasteiger partial charge in [-0.15, -0.1) is 0 Å². The number of carbonyl (C=O) groups is 1. The number of anilines is 1. The van der Waals surface area contributed by atoms with E-state index in [1.165, 1.54) is 13.2 Å². The summed E-state index contributed by atoms with van der Waals surface area (Å²) in [7, 11) is 1.53. The van der Waals surface area contributed by atoms with Gasteiger partial charge in [0.05, 0.1) is 18.7 Å². The molecule has 2 atom stereocenters. The standard InChI is InChI=1S/C14H18FNO3/c1-19-11-5-6-12(15)13(8-11)16-10-4-2-3-9(7-10)14(17)18/h5-6,8-10,16H,2-4,7H2,1H3,(H,17,18). The molecule has 104 valence electrons. The topological polar surface area (TPSA) is 58.6 Å². The van der Waals surface area contributed by atoms with E-state index in [1.54, 1.807) is 12.1 Å². The molecule has 0 amide bonds. The van der Waals surface area contributed by atoms with Crippen LogP contribution in [0.4, 0.5) is 10.1 Å². The number of carboxylic acids is 1. The van der Waals surface area contributed by atoms with E-state index in [4.69, 9.17) is 9.84 Å². The Morgan fingerprint density at radius 1 is 1.47 bits per heavy atom. The van der Waals surface area contributed by atoms with Gasteiger partial charge in [0.25, 0.3) is 0 Å². The molecule has 1 aliphatic carbocycles. The molecule has 2 rings (SSSR count). The number of ether oxygens (including phenoxy) is 1. The van der Waals surface area contributed by atoms with Gasteiger partial charge in [-0.05, 0) is 31.4 Å². The highest BCUT2D eigenvalue weighted by atomic mass is 19.1. The molecule has 19 heavy (non-hydrogen) atoms. The number of rotatable bonds is 4. The van der Waals surface area contributed by atoms with Crippen LogP contribution < -0.4 is 10.1 Å². The highest BCUT2D eigenvalue weighted by molar-refractivity contribution is 5.70. The number of hydrogen-bond donors (Lipinski definition) is 2. The molecule has 4 nitrogen and oxygen atoms in total. The lowest BCUT2D eigenvalue weighted by Crippen LogP contribution is -2.31. The van der Waals surface area contributed by atoms with E-state index < -0.39 is 5.97 Å². The maximum atomic E-state index is 13.7. The van der Waals surface area contributed by atoms with Crippen molar-refractivity contribution in [1.29, 1.82) is 0 Å². The molecule has 2 unspecified atom stereocenters. The minimum atomic E-state index is -0.766. The summed E-state index contributed by atoms with van der Waals surface area (Å²) in [5.41, 5.74) is 0.371. The van der Waals surface area contributed by atoms with Crippen molar-refractivity contribution < 1.29 is 19.0 Å². The first-order valence-corrected chi connectivity index (χ1v) is 6.43. The lowest BCUT2D eigenvalue weighted by molar-refractivity contribution is -0.142. The first-order valence-electron chi connectivity index (χ1n) is 6.43. The normalized spacial score (nSPS) is 22.8. The van der Waals surface area contributed by atoms with Crippen molar-refractivity contribution in [3.63, 3.8) is 0 Å². The van der Waals surface area contributed by atoms with Crippen LogP contribution in [-0.4, -0.2) is 24.2 Å². The molecular weight excluding hydrogens is 249 g/mol. The Labute approximate surface area is 111 Å². The fourth-order valence-electron chi connectivity index (χ4n) is 2.51. The largest absolute Gasteiger partial charge is 0.497 e. The van der Waals surface area contributed by atoms with Crippen molar-refractivity contribution in [1.82, 2.24) is 0 Å². The summed E-state index contributed by atoms with van der Waals surface area (Å²) in [4.78, 5) is 11.0. The smallest absolute Gasteiger partial charge is 0.306 e. The molecule has 1 aliphatic rings. The van der Waals surface area contributed by atoms with Crippen LogP contribution in [-0.2, 0) is 4.79 Å². The van der Waals surface area contributed by atoms with Gasteiger partial charge in [-0.1, -0.05) is 6.42 Å². The molecule has 2 N–H and O–H groups in total. The maximum absolute atomic E-state index is 13.7. The lowest BCUT2D eigenvalue weighted by atomic mass is 9.85. The van der Waals surface area contributed by atoms with Crippen LogP contribution in [0.3, 0.4) is 0 Å². The highest BCUT2D eigenvalue weighted by Gasteiger charge is 2.27. The Morgan fingerprint density at radius 3 is 2.95 bits per heavy atom. The van der Waals surface area contributed by atoms with Gasteiger partial charge in [0, 0.05) is 12.1 Å². The van der Waals surface area contributed by atoms with Crippen LogP contribution >= 0.6 is 0 Å². The number of halogens is 1. The van der Waals surface area contributed by atoms with Crippen LogP contribution in [0.1, 0.15) is 25.7 Å². The zero-order chi connectivity index (χ0) is 13.8. The van der Waals surface area contributed by atoms with E-state index in [-0.39, 0.29) is 17.8 Å². The first kappa shape index (κ1) is 13.6. The summed E-state index contributed by atoms with van der Waals surface area (Å²) in [6, 6.07) is 4.50. The lowest BCUT2D eigenvalue weighted by Gasteiger charge is -2.28.